The van der Waals surface area contributed by atoms with Gasteiger partial charge >= 0.3 is 0 Å². The van der Waals surface area contributed by atoms with Gasteiger partial charge in [0.1, 0.15) is 5.75 Å². The summed E-state index contributed by atoms with van der Waals surface area (Å²) in [5.41, 5.74) is 1.94. The van der Waals surface area contributed by atoms with Crippen molar-refractivity contribution in [3.63, 3.8) is 0 Å². The third-order valence-electron chi connectivity index (χ3n) is 4.53. The van der Waals surface area contributed by atoms with Crippen molar-refractivity contribution in [2.24, 2.45) is 0 Å². The van der Waals surface area contributed by atoms with Crippen molar-refractivity contribution in [3.05, 3.63) is 63.6 Å². The van der Waals surface area contributed by atoms with Gasteiger partial charge in [0.05, 0.1) is 6.10 Å². The Bertz CT molecular complexity index is 791. The number of halogens is 2. The summed E-state index contributed by atoms with van der Waals surface area (Å²) in [6, 6.07) is 13.0. The van der Waals surface area contributed by atoms with Gasteiger partial charge in [-0.25, -0.2) is 0 Å². The van der Waals surface area contributed by atoms with Gasteiger partial charge in [-0.15, -0.1) is 0 Å². The minimum absolute atomic E-state index is 0.0264. The van der Waals surface area contributed by atoms with E-state index in [2.05, 4.69) is 0 Å². The molecule has 144 valence electrons. The smallest absolute Gasteiger partial charge is 0.260 e. The molecule has 4 nitrogen and oxygen atoms in total. The molecule has 2 aromatic rings. The molecule has 1 fully saturated rings. The standard InChI is InChI=1S/C21H23Cl2NO3/c1-15-4-2-5-18(10-15)27-14-21(25)24(13-19-6-3-9-26-19)12-16-7-8-17(22)11-20(16)23/h2,4-5,7-8,10-11,19H,3,6,9,12-14H2,1H3. The summed E-state index contributed by atoms with van der Waals surface area (Å²) in [7, 11) is 0. The lowest BCUT2D eigenvalue weighted by Gasteiger charge is -2.26. The van der Waals surface area contributed by atoms with Crippen LogP contribution in [0.3, 0.4) is 0 Å². The predicted octanol–water partition coefficient (Wildman–Crippen LogP) is 4.89. The van der Waals surface area contributed by atoms with Gasteiger partial charge in [-0.3, -0.25) is 4.79 Å². The van der Waals surface area contributed by atoms with Crippen LogP contribution in [0.15, 0.2) is 42.5 Å². The zero-order chi connectivity index (χ0) is 19.2. The Morgan fingerprint density at radius 1 is 1.26 bits per heavy atom. The van der Waals surface area contributed by atoms with Crippen LogP contribution in [0.2, 0.25) is 10.0 Å². The van der Waals surface area contributed by atoms with Crippen molar-refractivity contribution < 1.29 is 14.3 Å². The number of aryl methyl sites for hydroxylation is 1. The van der Waals surface area contributed by atoms with Gasteiger partial charge in [-0.05, 0) is 55.2 Å². The van der Waals surface area contributed by atoms with E-state index in [1.54, 1.807) is 17.0 Å². The Kier molecular flexibility index (Phi) is 7.00. The highest BCUT2D eigenvalue weighted by atomic mass is 35.5. The molecule has 6 heteroatoms. The molecular weight excluding hydrogens is 385 g/mol. The highest BCUT2D eigenvalue weighted by Crippen LogP contribution is 2.23. The number of ether oxygens (including phenoxy) is 2. The second-order valence-corrected chi connectivity index (χ2v) is 7.59. The molecule has 2 aromatic carbocycles. The monoisotopic (exact) mass is 407 g/mol. The summed E-state index contributed by atoms with van der Waals surface area (Å²) in [6.07, 6.45) is 2.03. The maximum absolute atomic E-state index is 12.8. The van der Waals surface area contributed by atoms with Crippen LogP contribution in [0.5, 0.6) is 5.75 Å². The third kappa shape index (κ3) is 5.86. The van der Waals surface area contributed by atoms with Crippen molar-refractivity contribution in [2.45, 2.75) is 32.4 Å². The predicted molar refractivity (Wildman–Crippen MR) is 108 cm³/mol. The van der Waals surface area contributed by atoms with Crippen LogP contribution >= 0.6 is 23.2 Å². The lowest BCUT2D eigenvalue weighted by Crippen LogP contribution is -2.39. The van der Waals surface area contributed by atoms with Crippen LogP contribution < -0.4 is 4.74 Å². The molecule has 0 N–H and O–H groups in total. The molecule has 1 aliphatic rings. The van der Waals surface area contributed by atoms with Crippen molar-refractivity contribution in [1.29, 1.82) is 0 Å². The quantitative estimate of drug-likeness (QED) is 0.655. The van der Waals surface area contributed by atoms with Crippen molar-refractivity contribution in [2.75, 3.05) is 19.8 Å². The van der Waals surface area contributed by atoms with Crippen LogP contribution in [0.1, 0.15) is 24.0 Å². The van der Waals surface area contributed by atoms with Gasteiger partial charge in [0.2, 0.25) is 0 Å². The fourth-order valence-corrected chi connectivity index (χ4v) is 3.55. The number of amides is 1. The van der Waals surface area contributed by atoms with E-state index < -0.39 is 0 Å². The van der Waals surface area contributed by atoms with Gasteiger partial charge in [0.25, 0.3) is 5.91 Å². The molecule has 0 saturated carbocycles. The normalized spacial score (nSPS) is 16.3. The Balaban J connectivity index is 1.68. The van der Waals surface area contributed by atoms with Crippen molar-refractivity contribution >= 4 is 29.1 Å². The molecule has 1 atom stereocenters. The topological polar surface area (TPSA) is 38.8 Å². The zero-order valence-corrected chi connectivity index (χ0v) is 16.8. The Morgan fingerprint density at radius 3 is 2.81 bits per heavy atom. The molecule has 3 rings (SSSR count). The summed E-state index contributed by atoms with van der Waals surface area (Å²) in [6.45, 7) is 3.62. The Labute approximate surface area is 170 Å². The number of hydrogen-bond acceptors (Lipinski definition) is 3. The lowest BCUT2D eigenvalue weighted by molar-refractivity contribution is -0.135. The highest BCUT2D eigenvalue weighted by molar-refractivity contribution is 6.35. The average Bonchev–Trinajstić information content (AvgIpc) is 3.14. The van der Waals surface area contributed by atoms with E-state index in [1.165, 1.54) is 0 Å². The molecule has 1 heterocycles. The van der Waals surface area contributed by atoms with E-state index in [0.717, 1.165) is 30.6 Å². The summed E-state index contributed by atoms with van der Waals surface area (Å²) in [5.74, 6) is 0.586. The number of hydrogen-bond donors (Lipinski definition) is 0. The molecule has 0 radical (unpaired) electrons. The van der Waals surface area contributed by atoms with E-state index in [-0.39, 0.29) is 18.6 Å². The minimum Gasteiger partial charge on any atom is -0.484 e. The molecule has 1 saturated heterocycles. The van der Waals surface area contributed by atoms with E-state index in [0.29, 0.717) is 28.9 Å². The maximum atomic E-state index is 12.8. The first-order valence-corrected chi connectivity index (χ1v) is 9.79. The maximum Gasteiger partial charge on any atom is 0.260 e. The molecular formula is C21H23Cl2NO3. The summed E-state index contributed by atoms with van der Waals surface area (Å²) in [4.78, 5) is 14.6. The summed E-state index contributed by atoms with van der Waals surface area (Å²) < 4.78 is 11.4. The number of carbonyl (C=O) groups excluding carboxylic acids is 1. The number of carbonyl (C=O) groups is 1. The van der Waals surface area contributed by atoms with Gasteiger partial charge in [-0.2, -0.15) is 0 Å². The second-order valence-electron chi connectivity index (χ2n) is 6.75. The molecule has 1 unspecified atom stereocenters. The number of benzene rings is 2. The van der Waals surface area contributed by atoms with Crippen LogP contribution in [0.25, 0.3) is 0 Å². The summed E-state index contributed by atoms with van der Waals surface area (Å²) >= 11 is 12.3. The number of nitrogens with zero attached hydrogens (tertiary/aromatic N) is 1. The summed E-state index contributed by atoms with van der Waals surface area (Å²) in [5, 5.41) is 1.12. The minimum atomic E-state index is -0.0991. The zero-order valence-electron chi connectivity index (χ0n) is 15.3. The van der Waals surface area contributed by atoms with Crippen LogP contribution in [-0.4, -0.2) is 36.7 Å². The molecule has 0 bridgehead atoms. The SMILES string of the molecule is Cc1cccc(OCC(=O)N(Cc2ccc(Cl)cc2Cl)CC2CCCO2)c1. The first-order valence-electron chi connectivity index (χ1n) is 9.04. The van der Waals surface area contributed by atoms with Crippen LogP contribution in [0, 0.1) is 6.92 Å². The molecule has 0 spiro atoms. The molecule has 1 amide bonds. The first-order chi connectivity index (χ1) is 13.0. The largest absolute Gasteiger partial charge is 0.484 e. The Morgan fingerprint density at radius 2 is 2.11 bits per heavy atom. The van der Waals surface area contributed by atoms with E-state index >= 15 is 0 Å². The fraction of sp³-hybridized carbons (Fsp3) is 0.381. The third-order valence-corrected chi connectivity index (χ3v) is 5.12. The first kappa shape index (κ1) is 20.0. The van der Waals surface area contributed by atoms with E-state index in [4.69, 9.17) is 32.7 Å². The molecule has 1 aliphatic heterocycles. The van der Waals surface area contributed by atoms with E-state index in [9.17, 15) is 4.79 Å². The molecule has 0 aliphatic carbocycles. The van der Waals surface area contributed by atoms with Crippen LogP contribution in [-0.2, 0) is 16.1 Å². The lowest BCUT2D eigenvalue weighted by atomic mass is 10.1. The number of rotatable bonds is 7. The average molecular weight is 408 g/mol. The van der Waals surface area contributed by atoms with Crippen molar-refractivity contribution in [1.82, 2.24) is 4.90 Å². The Hall–Kier alpha value is -1.75. The van der Waals surface area contributed by atoms with Gasteiger partial charge in [0.15, 0.2) is 6.61 Å². The fourth-order valence-electron chi connectivity index (χ4n) is 3.09. The van der Waals surface area contributed by atoms with Gasteiger partial charge in [-0.1, -0.05) is 41.4 Å². The second kappa shape index (κ2) is 9.45. The van der Waals surface area contributed by atoms with Gasteiger partial charge in [0, 0.05) is 29.7 Å². The van der Waals surface area contributed by atoms with Gasteiger partial charge < -0.3 is 14.4 Å². The molecule has 27 heavy (non-hydrogen) atoms. The molecule has 0 aromatic heterocycles. The van der Waals surface area contributed by atoms with Crippen molar-refractivity contribution in [3.8, 4) is 5.75 Å². The van der Waals surface area contributed by atoms with E-state index in [1.807, 2.05) is 37.3 Å². The van der Waals surface area contributed by atoms with Crippen LogP contribution in [0.4, 0.5) is 0 Å². The highest BCUT2D eigenvalue weighted by Gasteiger charge is 2.23.